The average molecular weight is 267 g/mol. The van der Waals surface area contributed by atoms with Crippen molar-refractivity contribution in [1.29, 1.82) is 0 Å². The zero-order valence-electron chi connectivity index (χ0n) is 11.9. The summed E-state index contributed by atoms with van der Waals surface area (Å²) in [4.78, 5) is 28.7. The molecule has 0 radical (unpaired) electrons. The van der Waals surface area contributed by atoms with E-state index in [-0.39, 0.29) is 12.1 Å². The fourth-order valence-electron chi connectivity index (χ4n) is 1.94. The third-order valence-corrected chi connectivity index (χ3v) is 3.35. The monoisotopic (exact) mass is 267 g/mol. The molecule has 0 aliphatic carbocycles. The predicted molar refractivity (Wildman–Crippen MR) is 72.5 cm³/mol. The van der Waals surface area contributed by atoms with Crippen LogP contribution in [0.2, 0.25) is 0 Å². The van der Waals surface area contributed by atoms with E-state index in [1.807, 2.05) is 14.0 Å². The van der Waals surface area contributed by atoms with E-state index in [1.165, 1.54) is 0 Å². The molecule has 0 spiro atoms. The molecule has 6 heteroatoms. The average Bonchev–Trinajstić information content (AvgIpc) is 2.33. The van der Waals surface area contributed by atoms with E-state index in [0.717, 1.165) is 13.1 Å². The van der Waals surface area contributed by atoms with E-state index in [1.54, 1.807) is 18.4 Å². The summed E-state index contributed by atoms with van der Waals surface area (Å²) in [6.45, 7) is 7.65. The van der Waals surface area contributed by atoms with Crippen molar-refractivity contribution >= 4 is 5.97 Å². The van der Waals surface area contributed by atoms with Crippen LogP contribution in [0.4, 0.5) is 0 Å². The lowest BCUT2D eigenvalue weighted by molar-refractivity contribution is -0.136. The number of aliphatic carboxylic acids is 1. The minimum absolute atomic E-state index is 0.103. The first-order valence-corrected chi connectivity index (χ1v) is 6.34. The minimum atomic E-state index is -0.913. The molecule has 0 atom stereocenters. The molecule has 0 fully saturated rings. The summed E-state index contributed by atoms with van der Waals surface area (Å²) in [6.07, 6.45) is -0.103. The molecule has 0 aromatic carbocycles. The second kappa shape index (κ2) is 6.47. The molecule has 0 aliphatic rings. The molecule has 0 unspecified atom stereocenters. The second-order valence-corrected chi connectivity index (χ2v) is 4.66. The number of hydrogen-bond donors (Lipinski definition) is 1. The molecule has 0 bridgehead atoms. The Morgan fingerprint density at radius 2 is 2.05 bits per heavy atom. The zero-order chi connectivity index (χ0) is 14.6. The van der Waals surface area contributed by atoms with Crippen molar-refractivity contribution in [3.8, 4) is 0 Å². The Kier molecular flexibility index (Phi) is 5.23. The summed E-state index contributed by atoms with van der Waals surface area (Å²) in [5, 5.41) is 8.91. The molecule has 1 rings (SSSR count). The Labute approximate surface area is 112 Å². The van der Waals surface area contributed by atoms with Crippen LogP contribution in [0.25, 0.3) is 0 Å². The lowest BCUT2D eigenvalue weighted by Gasteiger charge is -2.18. The number of nitrogens with zero attached hydrogens (tertiary/aromatic N) is 3. The van der Waals surface area contributed by atoms with Crippen LogP contribution in [0.5, 0.6) is 0 Å². The smallest absolute Gasteiger partial charge is 0.348 e. The molecule has 19 heavy (non-hydrogen) atoms. The molecule has 0 saturated carbocycles. The van der Waals surface area contributed by atoms with Crippen LogP contribution in [-0.2, 0) is 17.8 Å². The molecule has 0 saturated heterocycles. The van der Waals surface area contributed by atoms with Gasteiger partial charge in [-0.1, -0.05) is 6.92 Å². The Hall–Kier alpha value is -1.69. The SMILES string of the molecule is CCN(C)CCn1c(C)c(CC(=O)O)c(C)nc1=O. The molecule has 0 aliphatic heterocycles. The number of likely N-dealkylation sites (N-methyl/N-ethyl adjacent to an activating group) is 1. The van der Waals surface area contributed by atoms with Gasteiger partial charge >= 0.3 is 11.7 Å². The van der Waals surface area contributed by atoms with Crippen molar-refractivity contribution in [3.05, 3.63) is 27.4 Å². The van der Waals surface area contributed by atoms with Gasteiger partial charge in [0.25, 0.3) is 0 Å². The van der Waals surface area contributed by atoms with E-state index in [9.17, 15) is 9.59 Å². The van der Waals surface area contributed by atoms with E-state index in [4.69, 9.17) is 5.11 Å². The van der Waals surface area contributed by atoms with Crippen molar-refractivity contribution in [2.75, 3.05) is 20.1 Å². The third kappa shape index (κ3) is 3.89. The maximum absolute atomic E-state index is 11.9. The maximum atomic E-state index is 11.9. The number of rotatable bonds is 6. The number of hydrogen-bond acceptors (Lipinski definition) is 4. The summed E-state index contributed by atoms with van der Waals surface area (Å²) in [6, 6.07) is 0. The van der Waals surface area contributed by atoms with Crippen LogP contribution in [0.1, 0.15) is 23.9 Å². The summed E-state index contributed by atoms with van der Waals surface area (Å²) < 4.78 is 1.55. The van der Waals surface area contributed by atoms with Gasteiger partial charge in [0.15, 0.2) is 0 Å². The van der Waals surface area contributed by atoms with E-state index >= 15 is 0 Å². The van der Waals surface area contributed by atoms with Crippen LogP contribution in [0.3, 0.4) is 0 Å². The fraction of sp³-hybridized carbons (Fsp3) is 0.615. The standard InChI is InChI=1S/C13H21N3O3/c1-5-15(4)6-7-16-10(3)11(8-12(17)18)9(2)14-13(16)19/h5-8H2,1-4H3,(H,17,18). The summed E-state index contributed by atoms with van der Waals surface area (Å²) in [5.74, 6) is -0.913. The Morgan fingerprint density at radius 3 is 2.58 bits per heavy atom. The zero-order valence-corrected chi connectivity index (χ0v) is 11.9. The highest BCUT2D eigenvalue weighted by atomic mass is 16.4. The minimum Gasteiger partial charge on any atom is -0.481 e. The van der Waals surface area contributed by atoms with Gasteiger partial charge in [0.2, 0.25) is 0 Å². The van der Waals surface area contributed by atoms with E-state index in [2.05, 4.69) is 9.88 Å². The normalized spacial score (nSPS) is 11.0. The van der Waals surface area contributed by atoms with Crippen LogP contribution < -0.4 is 5.69 Å². The Bertz CT molecular complexity index is 523. The van der Waals surface area contributed by atoms with Crippen molar-refractivity contribution in [1.82, 2.24) is 14.5 Å². The highest BCUT2D eigenvalue weighted by molar-refractivity contribution is 5.70. The molecule has 1 aromatic rings. The van der Waals surface area contributed by atoms with Gasteiger partial charge in [-0.05, 0) is 27.4 Å². The summed E-state index contributed by atoms with van der Waals surface area (Å²) in [5.41, 5.74) is 1.52. The second-order valence-electron chi connectivity index (χ2n) is 4.66. The number of carbonyl (C=O) groups is 1. The lowest BCUT2D eigenvalue weighted by atomic mass is 10.1. The van der Waals surface area contributed by atoms with Gasteiger partial charge in [-0.15, -0.1) is 0 Å². The molecule has 106 valence electrons. The summed E-state index contributed by atoms with van der Waals surface area (Å²) >= 11 is 0. The number of aromatic nitrogens is 2. The predicted octanol–water partition coefficient (Wildman–Crippen LogP) is 0.439. The largest absolute Gasteiger partial charge is 0.481 e. The van der Waals surface area contributed by atoms with Crippen molar-refractivity contribution in [2.45, 2.75) is 33.7 Å². The van der Waals surface area contributed by atoms with E-state index in [0.29, 0.717) is 23.5 Å². The summed E-state index contributed by atoms with van der Waals surface area (Å²) in [7, 11) is 1.97. The number of aryl methyl sites for hydroxylation is 1. The van der Waals surface area contributed by atoms with Gasteiger partial charge in [0.05, 0.1) is 6.42 Å². The fourth-order valence-corrected chi connectivity index (χ4v) is 1.94. The molecular formula is C13H21N3O3. The van der Waals surface area contributed by atoms with Gasteiger partial charge in [-0.25, -0.2) is 4.79 Å². The highest BCUT2D eigenvalue weighted by Gasteiger charge is 2.14. The third-order valence-electron chi connectivity index (χ3n) is 3.35. The van der Waals surface area contributed by atoms with Crippen molar-refractivity contribution < 1.29 is 9.90 Å². The molecule has 1 heterocycles. The van der Waals surface area contributed by atoms with Crippen LogP contribution >= 0.6 is 0 Å². The molecule has 1 N–H and O–H groups in total. The molecule has 1 aromatic heterocycles. The van der Waals surface area contributed by atoms with Crippen molar-refractivity contribution in [2.24, 2.45) is 0 Å². The van der Waals surface area contributed by atoms with Crippen LogP contribution in [-0.4, -0.2) is 45.7 Å². The van der Waals surface area contributed by atoms with Crippen molar-refractivity contribution in [3.63, 3.8) is 0 Å². The van der Waals surface area contributed by atoms with Crippen LogP contribution in [0.15, 0.2) is 4.79 Å². The highest BCUT2D eigenvalue weighted by Crippen LogP contribution is 2.10. The number of carboxylic acids is 1. The lowest BCUT2D eigenvalue weighted by Crippen LogP contribution is -2.33. The molecule has 6 nitrogen and oxygen atoms in total. The Morgan fingerprint density at radius 1 is 1.42 bits per heavy atom. The van der Waals surface area contributed by atoms with Gasteiger partial charge in [-0.2, -0.15) is 4.98 Å². The first-order valence-electron chi connectivity index (χ1n) is 6.34. The topological polar surface area (TPSA) is 75.4 Å². The molecule has 0 amide bonds. The Balaban J connectivity index is 3.10. The van der Waals surface area contributed by atoms with Gasteiger partial charge < -0.3 is 10.0 Å². The van der Waals surface area contributed by atoms with E-state index < -0.39 is 5.97 Å². The maximum Gasteiger partial charge on any atom is 0.348 e. The van der Waals surface area contributed by atoms with Gasteiger partial charge in [0.1, 0.15) is 0 Å². The molecular weight excluding hydrogens is 246 g/mol. The van der Waals surface area contributed by atoms with Gasteiger partial charge in [-0.3, -0.25) is 9.36 Å². The van der Waals surface area contributed by atoms with Crippen LogP contribution in [0, 0.1) is 13.8 Å². The quantitative estimate of drug-likeness (QED) is 0.809. The first-order chi connectivity index (χ1) is 8.86. The van der Waals surface area contributed by atoms with Gasteiger partial charge in [0, 0.05) is 30.0 Å². The number of carboxylic acid groups (broad SMARTS) is 1. The first kappa shape index (κ1) is 15.4.